The second-order valence-corrected chi connectivity index (χ2v) is 8.11. The van der Waals surface area contributed by atoms with Crippen molar-refractivity contribution in [1.82, 2.24) is 10.2 Å². The maximum atomic E-state index is 6.26. The van der Waals surface area contributed by atoms with Gasteiger partial charge in [0.1, 0.15) is 5.01 Å². The van der Waals surface area contributed by atoms with Gasteiger partial charge in [0, 0.05) is 19.5 Å². The number of nitrogens with zero attached hydrogens (tertiary/aromatic N) is 3. The van der Waals surface area contributed by atoms with Crippen LogP contribution in [0.1, 0.15) is 34.5 Å². The summed E-state index contributed by atoms with van der Waals surface area (Å²) in [4.78, 5) is 2.36. The zero-order valence-electron chi connectivity index (χ0n) is 14.6. The highest BCUT2D eigenvalue weighted by atomic mass is 32.1. The Morgan fingerprint density at radius 3 is 2.58 bits per heavy atom. The van der Waals surface area contributed by atoms with E-state index >= 15 is 0 Å². The molecule has 26 heavy (non-hydrogen) atoms. The molecule has 0 unspecified atom stereocenters. The van der Waals surface area contributed by atoms with Crippen LogP contribution in [0.15, 0.2) is 54.6 Å². The topological polar surface area (TPSA) is 38.2 Å². The van der Waals surface area contributed by atoms with Gasteiger partial charge in [-0.05, 0) is 29.5 Å². The van der Waals surface area contributed by atoms with Crippen LogP contribution in [0.4, 0.5) is 5.13 Å². The fraction of sp³-hybridized carbons (Fsp3) is 0.333. The first-order valence-corrected chi connectivity index (χ1v) is 9.98. The number of aromatic nitrogens is 2. The Bertz CT molecular complexity index is 900. The van der Waals surface area contributed by atoms with Crippen molar-refractivity contribution in [2.45, 2.75) is 31.5 Å². The van der Waals surface area contributed by atoms with Gasteiger partial charge in [-0.15, -0.1) is 10.2 Å². The number of hydrogen-bond acceptors (Lipinski definition) is 5. The third kappa shape index (κ3) is 2.81. The SMILES string of the molecule is c1ccc(Cc2nnc(N3CCC4(CC3)OCc3ccccc34)s2)cc1. The fourth-order valence-corrected chi connectivity index (χ4v) is 5.00. The minimum Gasteiger partial charge on any atom is -0.365 e. The van der Waals surface area contributed by atoms with E-state index in [2.05, 4.69) is 63.6 Å². The molecule has 132 valence electrons. The smallest absolute Gasteiger partial charge is 0.208 e. The van der Waals surface area contributed by atoms with E-state index in [9.17, 15) is 0 Å². The van der Waals surface area contributed by atoms with E-state index in [0.717, 1.165) is 49.1 Å². The van der Waals surface area contributed by atoms with Gasteiger partial charge in [-0.3, -0.25) is 0 Å². The third-order valence-corrected chi connectivity index (χ3v) is 6.49. The van der Waals surface area contributed by atoms with Gasteiger partial charge in [-0.25, -0.2) is 0 Å². The van der Waals surface area contributed by atoms with E-state index in [1.165, 1.54) is 16.7 Å². The maximum Gasteiger partial charge on any atom is 0.208 e. The number of hydrogen-bond donors (Lipinski definition) is 0. The van der Waals surface area contributed by atoms with Gasteiger partial charge in [0.05, 0.1) is 12.2 Å². The highest BCUT2D eigenvalue weighted by molar-refractivity contribution is 7.15. The van der Waals surface area contributed by atoms with E-state index in [0.29, 0.717) is 0 Å². The molecule has 0 radical (unpaired) electrons. The van der Waals surface area contributed by atoms with Crippen LogP contribution in [0.25, 0.3) is 0 Å². The molecular formula is C21H21N3OS. The van der Waals surface area contributed by atoms with Gasteiger partial charge in [-0.1, -0.05) is 65.9 Å². The van der Waals surface area contributed by atoms with Crippen LogP contribution < -0.4 is 4.90 Å². The quantitative estimate of drug-likeness (QED) is 0.700. The standard InChI is InChI=1S/C21H21N3OS/c1-2-6-16(7-3-1)14-19-22-23-20(26-19)24-12-10-21(11-13-24)18-9-5-4-8-17(18)15-25-21/h1-9H,10-15H2. The summed E-state index contributed by atoms with van der Waals surface area (Å²) in [5.74, 6) is 0. The molecule has 1 aromatic heterocycles. The minimum absolute atomic E-state index is 0.0926. The number of piperidine rings is 1. The molecule has 3 heterocycles. The Morgan fingerprint density at radius 2 is 1.73 bits per heavy atom. The summed E-state index contributed by atoms with van der Waals surface area (Å²) in [6.07, 6.45) is 2.88. The largest absolute Gasteiger partial charge is 0.365 e. The van der Waals surface area contributed by atoms with Gasteiger partial charge in [0.2, 0.25) is 5.13 Å². The van der Waals surface area contributed by atoms with Crippen LogP contribution in [0.3, 0.4) is 0 Å². The lowest BCUT2D eigenvalue weighted by molar-refractivity contribution is -0.0551. The summed E-state index contributed by atoms with van der Waals surface area (Å²) < 4.78 is 6.26. The van der Waals surface area contributed by atoms with Crippen molar-refractivity contribution < 1.29 is 4.74 Å². The van der Waals surface area contributed by atoms with Crippen molar-refractivity contribution in [2.75, 3.05) is 18.0 Å². The highest BCUT2D eigenvalue weighted by Gasteiger charge is 2.42. The second kappa shape index (κ2) is 6.49. The van der Waals surface area contributed by atoms with Crippen molar-refractivity contribution in [3.05, 3.63) is 76.3 Å². The van der Waals surface area contributed by atoms with Crippen LogP contribution in [-0.2, 0) is 23.4 Å². The molecule has 1 fully saturated rings. The van der Waals surface area contributed by atoms with Gasteiger partial charge < -0.3 is 9.64 Å². The molecule has 1 spiro atoms. The minimum atomic E-state index is -0.0926. The van der Waals surface area contributed by atoms with Gasteiger partial charge in [0.25, 0.3) is 0 Å². The Kier molecular flexibility index (Phi) is 3.98. The van der Waals surface area contributed by atoms with E-state index in [4.69, 9.17) is 4.74 Å². The number of benzene rings is 2. The monoisotopic (exact) mass is 363 g/mol. The van der Waals surface area contributed by atoms with Crippen molar-refractivity contribution in [3.63, 3.8) is 0 Å². The third-order valence-electron chi connectivity index (χ3n) is 5.51. The lowest BCUT2D eigenvalue weighted by Gasteiger charge is -2.39. The molecule has 3 aromatic rings. The Labute approximate surface area is 157 Å². The number of rotatable bonds is 3. The number of ether oxygens (including phenoxy) is 1. The first kappa shape index (κ1) is 16.0. The fourth-order valence-electron chi connectivity index (χ4n) is 4.07. The number of anilines is 1. The Morgan fingerprint density at radius 1 is 0.962 bits per heavy atom. The molecular weight excluding hydrogens is 342 g/mol. The molecule has 2 aromatic carbocycles. The summed E-state index contributed by atoms with van der Waals surface area (Å²) in [5.41, 5.74) is 3.93. The predicted octanol–water partition coefficient (Wildman–Crippen LogP) is 4.15. The molecule has 2 aliphatic heterocycles. The average molecular weight is 363 g/mol. The average Bonchev–Trinajstić information content (AvgIpc) is 3.30. The second-order valence-electron chi connectivity index (χ2n) is 7.07. The summed E-state index contributed by atoms with van der Waals surface area (Å²) >= 11 is 1.71. The van der Waals surface area contributed by atoms with Crippen LogP contribution in [0, 0.1) is 0 Å². The summed E-state index contributed by atoms with van der Waals surface area (Å²) in [7, 11) is 0. The number of fused-ring (bicyclic) bond motifs is 2. The maximum absolute atomic E-state index is 6.26. The molecule has 2 aliphatic rings. The van der Waals surface area contributed by atoms with E-state index < -0.39 is 0 Å². The zero-order chi connectivity index (χ0) is 17.4. The van der Waals surface area contributed by atoms with Crippen LogP contribution in [0.5, 0.6) is 0 Å². The normalized spacial score (nSPS) is 18.2. The molecule has 0 aliphatic carbocycles. The van der Waals surface area contributed by atoms with Gasteiger partial charge >= 0.3 is 0 Å². The lowest BCUT2D eigenvalue weighted by Crippen LogP contribution is -2.42. The van der Waals surface area contributed by atoms with Crippen molar-refractivity contribution in [2.24, 2.45) is 0 Å². The zero-order valence-corrected chi connectivity index (χ0v) is 15.4. The van der Waals surface area contributed by atoms with Crippen molar-refractivity contribution >= 4 is 16.5 Å². The van der Waals surface area contributed by atoms with Crippen molar-refractivity contribution in [3.8, 4) is 0 Å². The first-order valence-electron chi connectivity index (χ1n) is 9.16. The molecule has 5 heteroatoms. The molecule has 4 nitrogen and oxygen atoms in total. The Hall–Kier alpha value is -2.24. The van der Waals surface area contributed by atoms with Gasteiger partial charge in [-0.2, -0.15) is 0 Å². The van der Waals surface area contributed by atoms with E-state index in [1.807, 2.05) is 6.07 Å². The predicted molar refractivity (Wildman–Crippen MR) is 104 cm³/mol. The molecule has 0 saturated carbocycles. The molecule has 0 atom stereocenters. The molecule has 0 N–H and O–H groups in total. The first-order chi connectivity index (χ1) is 12.8. The van der Waals surface area contributed by atoms with Crippen LogP contribution >= 0.6 is 11.3 Å². The molecule has 5 rings (SSSR count). The summed E-state index contributed by atoms with van der Waals surface area (Å²) in [6.45, 7) is 2.68. The highest BCUT2D eigenvalue weighted by Crippen LogP contribution is 2.44. The van der Waals surface area contributed by atoms with Crippen molar-refractivity contribution in [1.29, 1.82) is 0 Å². The van der Waals surface area contributed by atoms with Crippen LogP contribution in [-0.4, -0.2) is 23.3 Å². The summed E-state index contributed by atoms with van der Waals surface area (Å²) in [6, 6.07) is 19.1. The van der Waals surface area contributed by atoms with Crippen LogP contribution in [0.2, 0.25) is 0 Å². The molecule has 0 bridgehead atoms. The molecule has 1 saturated heterocycles. The Balaban J connectivity index is 1.28. The molecule has 0 amide bonds. The van der Waals surface area contributed by atoms with E-state index in [1.54, 1.807) is 11.3 Å². The lowest BCUT2D eigenvalue weighted by atomic mass is 9.84. The summed E-state index contributed by atoms with van der Waals surface area (Å²) in [5, 5.41) is 11.0. The van der Waals surface area contributed by atoms with Gasteiger partial charge in [0.15, 0.2) is 0 Å². The van der Waals surface area contributed by atoms with E-state index in [-0.39, 0.29) is 5.60 Å².